The maximum atomic E-state index is 12.2. The molecule has 6 heteroatoms. The molecule has 6 nitrogen and oxygen atoms in total. The monoisotopic (exact) mass is 284 g/mol. The molecular weight excluding hydrogens is 260 g/mol. The number of carboxylic acid groups (broad SMARTS) is 1. The lowest BCUT2D eigenvalue weighted by atomic mass is 10.0. The zero-order chi connectivity index (χ0) is 15.3. The Balaban J connectivity index is 2.51. The molecule has 1 N–H and O–H groups in total. The Labute approximate surface area is 119 Å². The predicted octanol–water partition coefficient (Wildman–Crippen LogP) is 0.814. The van der Waals surface area contributed by atoms with Gasteiger partial charge in [-0.25, -0.2) is 0 Å². The first-order chi connectivity index (χ1) is 9.40. The van der Waals surface area contributed by atoms with Gasteiger partial charge in [0, 0.05) is 26.1 Å². The maximum Gasteiger partial charge on any atom is 0.306 e. The molecule has 1 rings (SSSR count). The van der Waals surface area contributed by atoms with Crippen molar-refractivity contribution in [1.82, 2.24) is 9.80 Å². The third-order valence-corrected chi connectivity index (χ3v) is 4.00. The third kappa shape index (κ3) is 3.95. The van der Waals surface area contributed by atoms with Crippen LogP contribution < -0.4 is 0 Å². The summed E-state index contributed by atoms with van der Waals surface area (Å²) in [4.78, 5) is 38.2. The fourth-order valence-electron chi connectivity index (χ4n) is 2.70. The van der Waals surface area contributed by atoms with Gasteiger partial charge < -0.3 is 14.9 Å². The number of carbonyl (C=O) groups is 3. The number of amides is 2. The normalized spacial score (nSPS) is 21.6. The van der Waals surface area contributed by atoms with Crippen LogP contribution in [0.15, 0.2) is 0 Å². The first-order valence-electron chi connectivity index (χ1n) is 7.16. The molecule has 1 aliphatic rings. The highest BCUT2D eigenvalue weighted by Gasteiger charge is 2.35. The Morgan fingerprint density at radius 1 is 1.10 bits per heavy atom. The largest absolute Gasteiger partial charge is 0.481 e. The highest BCUT2D eigenvalue weighted by atomic mass is 16.4. The van der Waals surface area contributed by atoms with Crippen LogP contribution in [0.5, 0.6) is 0 Å². The molecule has 0 aromatic rings. The standard InChI is InChI=1S/C14H24N2O4/c1-4-16(5-2)12(17)9-15(3)13(18)10-6-7-11(8-10)14(19)20/h10-11H,4-9H2,1-3H3,(H,19,20)/t10-,11+/m1/s1. The molecule has 1 fully saturated rings. The summed E-state index contributed by atoms with van der Waals surface area (Å²) >= 11 is 0. The van der Waals surface area contributed by atoms with Crippen molar-refractivity contribution in [3.05, 3.63) is 0 Å². The number of hydrogen-bond donors (Lipinski definition) is 1. The number of nitrogens with zero attached hydrogens (tertiary/aromatic N) is 2. The lowest BCUT2D eigenvalue weighted by molar-refractivity contribution is -0.143. The van der Waals surface area contributed by atoms with Crippen molar-refractivity contribution in [3.63, 3.8) is 0 Å². The molecule has 1 saturated carbocycles. The summed E-state index contributed by atoms with van der Waals surface area (Å²) in [6.45, 7) is 5.12. The third-order valence-electron chi connectivity index (χ3n) is 4.00. The molecule has 0 bridgehead atoms. The quantitative estimate of drug-likeness (QED) is 0.783. The van der Waals surface area contributed by atoms with Crippen LogP contribution in [0.25, 0.3) is 0 Å². The van der Waals surface area contributed by atoms with Gasteiger partial charge in [0.25, 0.3) is 0 Å². The molecule has 0 aliphatic heterocycles. The Morgan fingerprint density at radius 2 is 1.65 bits per heavy atom. The zero-order valence-electron chi connectivity index (χ0n) is 12.5. The number of rotatable bonds is 6. The van der Waals surface area contributed by atoms with Gasteiger partial charge in [0.1, 0.15) is 0 Å². The van der Waals surface area contributed by atoms with Crippen LogP contribution in [-0.2, 0) is 14.4 Å². The molecule has 0 heterocycles. The molecule has 0 aromatic carbocycles. The van der Waals surface area contributed by atoms with Gasteiger partial charge in [-0.15, -0.1) is 0 Å². The predicted molar refractivity (Wildman–Crippen MR) is 74.0 cm³/mol. The van der Waals surface area contributed by atoms with Crippen molar-refractivity contribution in [1.29, 1.82) is 0 Å². The summed E-state index contributed by atoms with van der Waals surface area (Å²) in [5.41, 5.74) is 0. The molecule has 0 unspecified atom stereocenters. The molecule has 2 amide bonds. The lowest BCUT2D eigenvalue weighted by Crippen LogP contribution is -2.42. The molecule has 2 atom stereocenters. The van der Waals surface area contributed by atoms with Crippen LogP contribution in [0.3, 0.4) is 0 Å². The number of carboxylic acids is 1. The molecular formula is C14H24N2O4. The number of carbonyl (C=O) groups excluding carboxylic acids is 2. The van der Waals surface area contributed by atoms with E-state index < -0.39 is 11.9 Å². The Hall–Kier alpha value is -1.59. The minimum Gasteiger partial charge on any atom is -0.481 e. The second-order valence-corrected chi connectivity index (χ2v) is 5.31. The molecule has 114 valence electrons. The Bertz CT molecular complexity index is 379. The van der Waals surface area contributed by atoms with E-state index in [0.717, 1.165) is 0 Å². The molecule has 0 radical (unpaired) electrons. The first-order valence-corrected chi connectivity index (χ1v) is 7.16. The van der Waals surface area contributed by atoms with Gasteiger partial charge in [-0.1, -0.05) is 0 Å². The van der Waals surface area contributed by atoms with Gasteiger partial charge in [0.15, 0.2) is 0 Å². The van der Waals surface area contributed by atoms with Crippen molar-refractivity contribution < 1.29 is 19.5 Å². The van der Waals surface area contributed by atoms with Crippen LogP contribution in [0.4, 0.5) is 0 Å². The van der Waals surface area contributed by atoms with E-state index in [1.165, 1.54) is 4.90 Å². The first kappa shape index (κ1) is 16.5. The van der Waals surface area contributed by atoms with Crippen molar-refractivity contribution >= 4 is 17.8 Å². The zero-order valence-corrected chi connectivity index (χ0v) is 12.5. The van der Waals surface area contributed by atoms with Gasteiger partial charge in [-0.3, -0.25) is 14.4 Å². The minimum atomic E-state index is -0.831. The van der Waals surface area contributed by atoms with E-state index in [-0.39, 0.29) is 24.3 Å². The van der Waals surface area contributed by atoms with E-state index in [1.54, 1.807) is 11.9 Å². The van der Waals surface area contributed by atoms with Crippen molar-refractivity contribution in [3.8, 4) is 0 Å². The van der Waals surface area contributed by atoms with E-state index in [9.17, 15) is 14.4 Å². The average Bonchev–Trinajstić information content (AvgIpc) is 2.88. The minimum absolute atomic E-state index is 0.0642. The van der Waals surface area contributed by atoms with Crippen LogP contribution in [0, 0.1) is 11.8 Å². The molecule has 0 spiro atoms. The summed E-state index contributed by atoms with van der Waals surface area (Å²) < 4.78 is 0. The maximum absolute atomic E-state index is 12.2. The molecule has 0 aromatic heterocycles. The second-order valence-electron chi connectivity index (χ2n) is 5.31. The summed E-state index contributed by atoms with van der Waals surface area (Å²) in [5, 5.41) is 8.95. The fraction of sp³-hybridized carbons (Fsp3) is 0.786. The van der Waals surface area contributed by atoms with Crippen LogP contribution >= 0.6 is 0 Å². The topological polar surface area (TPSA) is 77.9 Å². The van der Waals surface area contributed by atoms with E-state index in [2.05, 4.69) is 0 Å². The van der Waals surface area contributed by atoms with Gasteiger partial charge in [0.2, 0.25) is 11.8 Å². The highest BCUT2D eigenvalue weighted by Crippen LogP contribution is 2.32. The molecule has 0 saturated heterocycles. The van der Waals surface area contributed by atoms with Gasteiger partial charge in [0.05, 0.1) is 12.5 Å². The highest BCUT2D eigenvalue weighted by molar-refractivity contribution is 5.86. The summed E-state index contributed by atoms with van der Waals surface area (Å²) in [7, 11) is 1.61. The molecule has 1 aliphatic carbocycles. The van der Waals surface area contributed by atoms with Crippen LogP contribution in [0.1, 0.15) is 33.1 Å². The van der Waals surface area contributed by atoms with E-state index in [4.69, 9.17) is 5.11 Å². The van der Waals surface area contributed by atoms with Gasteiger partial charge >= 0.3 is 5.97 Å². The second kappa shape index (κ2) is 7.26. The Kier molecular flexibility index (Phi) is 5.98. The summed E-state index contributed by atoms with van der Waals surface area (Å²) in [6, 6.07) is 0. The summed E-state index contributed by atoms with van der Waals surface area (Å²) in [6.07, 6.45) is 1.53. The van der Waals surface area contributed by atoms with E-state index >= 15 is 0 Å². The van der Waals surface area contributed by atoms with E-state index in [0.29, 0.717) is 32.4 Å². The Morgan fingerprint density at radius 3 is 2.10 bits per heavy atom. The fourth-order valence-corrected chi connectivity index (χ4v) is 2.70. The number of hydrogen-bond acceptors (Lipinski definition) is 3. The summed E-state index contributed by atoms with van der Waals surface area (Å²) in [5.74, 6) is -1.70. The van der Waals surface area contributed by atoms with Crippen LogP contribution in [-0.4, -0.2) is 59.4 Å². The SMILES string of the molecule is CCN(CC)C(=O)CN(C)C(=O)[C@@H]1CC[C@H](C(=O)O)C1. The van der Waals surface area contributed by atoms with Gasteiger partial charge in [-0.05, 0) is 33.1 Å². The lowest BCUT2D eigenvalue weighted by Gasteiger charge is -2.25. The van der Waals surface area contributed by atoms with E-state index in [1.807, 2.05) is 13.8 Å². The van der Waals surface area contributed by atoms with Crippen molar-refractivity contribution in [2.75, 3.05) is 26.7 Å². The molecule has 20 heavy (non-hydrogen) atoms. The number of likely N-dealkylation sites (N-methyl/N-ethyl adjacent to an activating group) is 2. The van der Waals surface area contributed by atoms with Crippen molar-refractivity contribution in [2.24, 2.45) is 11.8 Å². The van der Waals surface area contributed by atoms with Crippen molar-refractivity contribution in [2.45, 2.75) is 33.1 Å². The average molecular weight is 284 g/mol. The number of aliphatic carboxylic acids is 1. The van der Waals surface area contributed by atoms with Gasteiger partial charge in [-0.2, -0.15) is 0 Å². The van der Waals surface area contributed by atoms with Crippen LogP contribution in [0.2, 0.25) is 0 Å². The smallest absolute Gasteiger partial charge is 0.306 e.